The Morgan fingerprint density at radius 2 is 2.24 bits per heavy atom. The standard InChI is InChI=1S/C12H13NO3S/c1-3-16-12(14)6-8-4-10(15-2)9(7-13)5-11(8)17/h4-5,17H,3,6H2,1-2H3. The quantitative estimate of drug-likeness (QED) is 0.656. The second-order valence-electron chi connectivity index (χ2n) is 3.27. The number of nitrogens with zero attached hydrogens (tertiary/aromatic N) is 1. The highest BCUT2D eigenvalue weighted by molar-refractivity contribution is 7.80. The van der Waals surface area contributed by atoms with Gasteiger partial charge in [-0.1, -0.05) is 0 Å². The van der Waals surface area contributed by atoms with E-state index in [2.05, 4.69) is 12.6 Å². The molecule has 0 atom stereocenters. The van der Waals surface area contributed by atoms with Crippen LogP contribution in [0.15, 0.2) is 17.0 Å². The van der Waals surface area contributed by atoms with Crippen LogP contribution in [0.5, 0.6) is 5.75 Å². The van der Waals surface area contributed by atoms with E-state index in [1.165, 1.54) is 7.11 Å². The molecular formula is C12H13NO3S. The summed E-state index contributed by atoms with van der Waals surface area (Å²) in [4.78, 5) is 11.9. The number of ether oxygens (including phenoxy) is 2. The number of benzene rings is 1. The van der Waals surface area contributed by atoms with Gasteiger partial charge in [0.05, 0.1) is 25.7 Å². The van der Waals surface area contributed by atoms with Crippen LogP contribution in [0, 0.1) is 11.3 Å². The molecule has 0 aliphatic heterocycles. The summed E-state index contributed by atoms with van der Waals surface area (Å²) in [6.45, 7) is 2.09. The van der Waals surface area contributed by atoms with Crippen molar-refractivity contribution in [3.05, 3.63) is 23.3 Å². The molecule has 5 heteroatoms. The number of hydrogen-bond acceptors (Lipinski definition) is 5. The van der Waals surface area contributed by atoms with Crippen LogP contribution in [-0.4, -0.2) is 19.7 Å². The van der Waals surface area contributed by atoms with E-state index in [0.29, 0.717) is 28.4 Å². The summed E-state index contributed by atoms with van der Waals surface area (Å²) in [5, 5.41) is 8.88. The maximum absolute atomic E-state index is 11.4. The van der Waals surface area contributed by atoms with Crippen molar-refractivity contribution >= 4 is 18.6 Å². The first-order valence-electron chi connectivity index (χ1n) is 5.08. The van der Waals surface area contributed by atoms with Crippen molar-refractivity contribution in [2.24, 2.45) is 0 Å². The Kier molecular flexibility index (Phi) is 4.85. The monoisotopic (exact) mass is 251 g/mol. The molecule has 1 aromatic rings. The summed E-state index contributed by atoms with van der Waals surface area (Å²) >= 11 is 4.24. The largest absolute Gasteiger partial charge is 0.495 e. The molecule has 0 aromatic heterocycles. The molecule has 0 amide bonds. The number of nitriles is 1. The maximum atomic E-state index is 11.4. The van der Waals surface area contributed by atoms with E-state index in [4.69, 9.17) is 14.7 Å². The van der Waals surface area contributed by atoms with Crippen molar-refractivity contribution in [1.29, 1.82) is 5.26 Å². The van der Waals surface area contributed by atoms with Gasteiger partial charge in [0.15, 0.2) is 0 Å². The third-order valence-electron chi connectivity index (χ3n) is 2.16. The van der Waals surface area contributed by atoms with Crippen molar-refractivity contribution in [3.8, 4) is 11.8 Å². The van der Waals surface area contributed by atoms with Crippen LogP contribution in [0.3, 0.4) is 0 Å². The van der Waals surface area contributed by atoms with E-state index in [1.807, 2.05) is 6.07 Å². The number of thiol groups is 1. The molecule has 1 rings (SSSR count). The normalized spacial score (nSPS) is 9.53. The average Bonchev–Trinajstić information content (AvgIpc) is 2.31. The molecule has 0 aliphatic rings. The van der Waals surface area contributed by atoms with Gasteiger partial charge in [0.2, 0.25) is 0 Å². The highest BCUT2D eigenvalue weighted by atomic mass is 32.1. The Hall–Kier alpha value is -1.67. The second-order valence-corrected chi connectivity index (χ2v) is 3.76. The zero-order valence-electron chi connectivity index (χ0n) is 9.69. The predicted molar refractivity (Wildman–Crippen MR) is 65.3 cm³/mol. The Morgan fingerprint density at radius 1 is 1.53 bits per heavy atom. The molecule has 0 fully saturated rings. The fourth-order valence-corrected chi connectivity index (χ4v) is 1.65. The van der Waals surface area contributed by atoms with E-state index in [-0.39, 0.29) is 12.4 Å². The third kappa shape index (κ3) is 3.40. The van der Waals surface area contributed by atoms with Crippen molar-refractivity contribution in [2.45, 2.75) is 18.2 Å². The minimum absolute atomic E-state index is 0.120. The fourth-order valence-electron chi connectivity index (χ4n) is 1.38. The minimum Gasteiger partial charge on any atom is -0.495 e. The average molecular weight is 251 g/mol. The van der Waals surface area contributed by atoms with Gasteiger partial charge in [-0.05, 0) is 24.6 Å². The van der Waals surface area contributed by atoms with Crippen molar-refractivity contribution < 1.29 is 14.3 Å². The van der Waals surface area contributed by atoms with E-state index in [0.717, 1.165) is 0 Å². The molecule has 4 nitrogen and oxygen atoms in total. The van der Waals surface area contributed by atoms with E-state index >= 15 is 0 Å². The van der Waals surface area contributed by atoms with Crippen molar-refractivity contribution in [3.63, 3.8) is 0 Å². The number of methoxy groups -OCH3 is 1. The van der Waals surface area contributed by atoms with Gasteiger partial charge < -0.3 is 9.47 Å². The number of esters is 1. The van der Waals surface area contributed by atoms with Gasteiger partial charge in [0.25, 0.3) is 0 Å². The summed E-state index contributed by atoms with van der Waals surface area (Å²) in [7, 11) is 1.47. The van der Waals surface area contributed by atoms with E-state index in [1.54, 1.807) is 19.1 Å². The molecule has 0 aliphatic carbocycles. The lowest BCUT2D eigenvalue weighted by molar-refractivity contribution is -0.142. The summed E-state index contributed by atoms with van der Waals surface area (Å²) in [5.74, 6) is 0.110. The third-order valence-corrected chi connectivity index (χ3v) is 2.58. The summed E-state index contributed by atoms with van der Waals surface area (Å²) < 4.78 is 9.92. The Morgan fingerprint density at radius 3 is 2.76 bits per heavy atom. The maximum Gasteiger partial charge on any atom is 0.310 e. The molecule has 90 valence electrons. The molecule has 0 N–H and O–H groups in total. The zero-order chi connectivity index (χ0) is 12.8. The van der Waals surface area contributed by atoms with Crippen LogP contribution >= 0.6 is 12.6 Å². The molecule has 0 unspecified atom stereocenters. The Bertz CT molecular complexity index is 466. The van der Waals surface area contributed by atoms with E-state index in [9.17, 15) is 4.79 Å². The number of rotatable bonds is 4. The molecule has 0 saturated carbocycles. The highest BCUT2D eigenvalue weighted by Crippen LogP contribution is 2.26. The number of carbonyl (C=O) groups excluding carboxylic acids is 1. The molecular weight excluding hydrogens is 238 g/mol. The van der Waals surface area contributed by atoms with Gasteiger partial charge in [0, 0.05) is 4.90 Å². The van der Waals surface area contributed by atoms with Crippen molar-refractivity contribution in [2.75, 3.05) is 13.7 Å². The summed E-state index contributed by atoms with van der Waals surface area (Å²) in [6, 6.07) is 5.22. The zero-order valence-corrected chi connectivity index (χ0v) is 10.6. The summed E-state index contributed by atoms with van der Waals surface area (Å²) in [5.41, 5.74) is 1.08. The van der Waals surface area contributed by atoms with Crippen LogP contribution in [0.1, 0.15) is 18.1 Å². The molecule has 0 spiro atoms. The number of carbonyl (C=O) groups is 1. The minimum atomic E-state index is -0.324. The summed E-state index contributed by atoms with van der Waals surface area (Å²) in [6.07, 6.45) is 0.120. The lowest BCUT2D eigenvalue weighted by Gasteiger charge is -2.09. The number of hydrogen-bond donors (Lipinski definition) is 1. The molecule has 1 aromatic carbocycles. The van der Waals surface area contributed by atoms with Gasteiger partial charge in [-0.15, -0.1) is 12.6 Å². The fraction of sp³-hybridized carbons (Fsp3) is 0.333. The van der Waals surface area contributed by atoms with Crippen LogP contribution in [0.4, 0.5) is 0 Å². The topological polar surface area (TPSA) is 59.3 Å². The van der Waals surface area contributed by atoms with Crippen LogP contribution in [0.25, 0.3) is 0 Å². The van der Waals surface area contributed by atoms with Gasteiger partial charge >= 0.3 is 5.97 Å². The Balaban J connectivity index is 3.01. The molecule has 0 saturated heterocycles. The first kappa shape index (κ1) is 13.4. The first-order valence-corrected chi connectivity index (χ1v) is 5.52. The Labute approximate surface area is 106 Å². The van der Waals surface area contributed by atoms with Crippen LogP contribution < -0.4 is 4.74 Å². The molecule has 0 radical (unpaired) electrons. The smallest absolute Gasteiger partial charge is 0.310 e. The van der Waals surface area contributed by atoms with Crippen LogP contribution in [0.2, 0.25) is 0 Å². The first-order chi connectivity index (χ1) is 8.12. The van der Waals surface area contributed by atoms with Gasteiger partial charge in [-0.2, -0.15) is 5.26 Å². The highest BCUT2D eigenvalue weighted by Gasteiger charge is 2.12. The second kappa shape index (κ2) is 6.16. The SMILES string of the molecule is CCOC(=O)Cc1cc(OC)c(C#N)cc1S. The lowest BCUT2D eigenvalue weighted by atomic mass is 10.1. The predicted octanol–water partition coefficient (Wildman–Crippen LogP) is 1.96. The van der Waals surface area contributed by atoms with Gasteiger partial charge in [-0.3, -0.25) is 4.79 Å². The molecule has 0 heterocycles. The van der Waals surface area contributed by atoms with Gasteiger partial charge in [-0.25, -0.2) is 0 Å². The van der Waals surface area contributed by atoms with Crippen molar-refractivity contribution in [1.82, 2.24) is 0 Å². The molecule has 17 heavy (non-hydrogen) atoms. The lowest BCUT2D eigenvalue weighted by Crippen LogP contribution is -2.08. The van der Waals surface area contributed by atoms with Crippen LogP contribution in [-0.2, 0) is 16.0 Å². The van der Waals surface area contributed by atoms with Gasteiger partial charge in [0.1, 0.15) is 11.8 Å². The van der Waals surface area contributed by atoms with E-state index < -0.39 is 0 Å². The molecule has 0 bridgehead atoms.